The van der Waals surface area contributed by atoms with Crippen LogP contribution in [0.25, 0.3) is 0 Å². The van der Waals surface area contributed by atoms with E-state index >= 15 is 0 Å². The molecule has 0 unspecified atom stereocenters. The summed E-state index contributed by atoms with van der Waals surface area (Å²) in [7, 11) is 0. The first kappa shape index (κ1) is 13.3. The van der Waals surface area contributed by atoms with Crippen molar-refractivity contribution in [2.75, 3.05) is 19.0 Å². The minimum atomic E-state index is 0.304. The molecule has 0 atom stereocenters. The van der Waals surface area contributed by atoms with Crippen LogP contribution in [-0.4, -0.2) is 19.0 Å². The summed E-state index contributed by atoms with van der Waals surface area (Å²) in [6.07, 6.45) is 2.32. The van der Waals surface area contributed by atoms with Crippen LogP contribution in [0.5, 0.6) is 0 Å². The van der Waals surface area contributed by atoms with Gasteiger partial charge in [0.25, 0.3) is 0 Å². The summed E-state index contributed by atoms with van der Waals surface area (Å²) in [5, 5.41) is 0. The molecule has 0 aromatic heterocycles. The molecule has 0 rings (SSSR count). The summed E-state index contributed by atoms with van der Waals surface area (Å²) in [4.78, 5) is 0. The molecule has 0 saturated carbocycles. The maximum atomic E-state index is 5.68. The van der Waals surface area contributed by atoms with E-state index in [0.29, 0.717) is 11.3 Å². The third kappa shape index (κ3) is 4.92. The lowest BCUT2D eigenvalue weighted by molar-refractivity contribution is 0.0369. The molecule has 0 aliphatic heterocycles. The fraction of sp³-hybridized carbons (Fsp3) is 1.00. The SMILES string of the molecule is CCC(CC)(CS)COCC(C)C. The molecule has 0 aromatic rings. The first-order valence-electron chi connectivity index (χ1n) is 5.28. The van der Waals surface area contributed by atoms with E-state index in [4.69, 9.17) is 4.74 Å². The first-order chi connectivity index (χ1) is 6.10. The van der Waals surface area contributed by atoms with Crippen LogP contribution in [0.3, 0.4) is 0 Å². The van der Waals surface area contributed by atoms with Gasteiger partial charge in [0.2, 0.25) is 0 Å². The molecule has 0 aliphatic carbocycles. The second-order valence-electron chi connectivity index (χ2n) is 4.27. The second-order valence-corrected chi connectivity index (χ2v) is 4.59. The molecule has 80 valence electrons. The average Bonchev–Trinajstić information content (AvgIpc) is 2.13. The molecular formula is C11H24OS. The molecule has 0 amide bonds. The Morgan fingerprint density at radius 2 is 1.77 bits per heavy atom. The molecule has 0 spiro atoms. The Kier molecular flexibility index (Phi) is 6.88. The quantitative estimate of drug-likeness (QED) is 0.625. The molecule has 0 saturated heterocycles. The van der Waals surface area contributed by atoms with E-state index in [1.807, 2.05) is 0 Å². The van der Waals surface area contributed by atoms with Crippen molar-refractivity contribution in [2.45, 2.75) is 40.5 Å². The molecule has 1 nitrogen and oxygen atoms in total. The van der Waals surface area contributed by atoms with Crippen molar-refractivity contribution in [1.29, 1.82) is 0 Å². The van der Waals surface area contributed by atoms with E-state index < -0.39 is 0 Å². The molecule has 13 heavy (non-hydrogen) atoms. The Balaban J connectivity index is 3.81. The average molecular weight is 204 g/mol. The minimum Gasteiger partial charge on any atom is -0.381 e. The lowest BCUT2D eigenvalue weighted by Crippen LogP contribution is -2.28. The maximum absolute atomic E-state index is 5.68. The van der Waals surface area contributed by atoms with Crippen molar-refractivity contribution in [2.24, 2.45) is 11.3 Å². The fourth-order valence-corrected chi connectivity index (χ4v) is 1.77. The van der Waals surface area contributed by atoms with Crippen molar-refractivity contribution in [3.05, 3.63) is 0 Å². The number of hydrogen-bond donors (Lipinski definition) is 1. The Morgan fingerprint density at radius 1 is 1.23 bits per heavy atom. The van der Waals surface area contributed by atoms with Gasteiger partial charge in [-0.15, -0.1) is 0 Å². The van der Waals surface area contributed by atoms with Gasteiger partial charge in [-0.05, 0) is 24.5 Å². The molecule has 0 fully saturated rings. The van der Waals surface area contributed by atoms with Gasteiger partial charge in [0.05, 0.1) is 6.61 Å². The number of hydrogen-bond acceptors (Lipinski definition) is 2. The molecule has 0 aromatic carbocycles. The third-order valence-electron chi connectivity index (χ3n) is 2.69. The third-order valence-corrected chi connectivity index (χ3v) is 3.37. The standard InChI is InChI=1S/C11H24OS/c1-5-11(6-2,9-13)8-12-7-10(3)4/h10,13H,5-9H2,1-4H3. The van der Waals surface area contributed by atoms with E-state index in [1.165, 1.54) is 0 Å². The molecule has 0 heterocycles. The zero-order valence-corrected chi connectivity index (χ0v) is 10.4. The number of thiol groups is 1. The largest absolute Gasteiger partial charge is 0.381 e. The smallest absolute Gasteiger partial charge is 0.0530 e. The second kappa shape index (κ2) is 6.72. The zero-order chi connectivity index (χ0) is 10.3. The Labute approximate surface area is 88.7 Å². The van der Waals surface area contributed by atoms with Gasteiger partial charge in [0, 0.05) is 12.0 Å². The van der Waals surface area contributed by atoms with Crippen LogP contribution in [-0.2, 0) is 4.74 Å². The van der Waals surface area contributed by atoms with Crippen molar-refractivity contribution in [3.8, 4) is 0 Å². The minimum absolute atomic E-state index is 0.304. The van der Waals surface area contributed by atoms with Crippen molar-refractivity contribution >= 4 is 12.6 Å². The van der Waals surface area contributed by atoms with Gasteiger partial charge >= 0.3 is 0 Å². The van der Waals surface area contributed by atoms with Gasteiger partial charge < -0.3 is 4.74 Å². The van der Waals surface area contributed by atoms with E-state index in [0.717, 1.165) is 31.8 Å². The zero-order valence-electron chi connectivity index (χ0n) is 9.47. The predicted octanol–water partition coefficient (Wildman–Crippen LogP) is 3.40. The van der Waals surface area contributed by atoms with Gasteiger partial charge in [-0.25, -0.2) is 0 Å². The molecular weight excluding hydrogens is 180 g/mol. The van der Waals surface area contributed by atoms with Crippen LogP contribution >= 0.6 is 12.6 Å². The van der Waals surface area contributed by atoms with Gasteiger partial charge in [0.1, 0.15) is 0 Å². The maximum Gasteiger partial charge on any atom is 0.0530 e. The van der Waals surface area contributed by atoms with Crippen molar-refractivity contribution in [1.82, 2.24) is 0 Å². The van der Waals surface area contributed by atoms with Crippen LogP contribution in [0.1, 0.15) is 40.5 Å². The van der Waals surface area contributed by atoms with Gasteiger partial charge in [-0.2, -0.15) is 12.6 Å². The topological polar surface area (TPSA) is 9.23 Å². The highest BCUT2D eigenvalue weighted by atomic mass is 32.1. The van der Waals surface area contributed by atoms with Crippen LogP contribution < -0.4 is 0 Å². The summed E-state index contributed by atoms with van der Waals surface area (Å²) < 4.78 is 5.68. The van der Waals surface area contributed by atoms with Crippen molar-refractivity contribution < 1.29 is 4.74 Å². The van der Waals surface area contributed by atoms with E-state index in [1.54, 1.807) is 0 Å². The summed E-state index contributed by atoms with van der Waals surface area (Å²) in [5.74, 6) is 1.56. The van der Waals surface area contributed by atoms with Crippen LogP contribution in [0.15, 0.2) is 0 Å². The first-order valence-corrected chi connectivity index (χ1v) is 5.92. The molecule has 0 aliphatic rings. The summed E-state index contributed by atoms with van der Waals surface area (Å²) in [6, 6.07) is 0. The Bertz CT molecular complexity index is 111. The fourth-order valence-electron chi connectivity index (χ4n) is 1.23. The highest BCUT2D eigenvalue weighted by molar-refractivity contribution is 7.80. The lowest BCUT2D eigenvalue weighted by atomic mass is 9.85. The van der Waals surface area contributed by atoms with E-state index in [-0.39, 0.29) is 0 Å². The van der Waals surface area contributed by atoms with E-state index in [2.05, 4.69) is 40.3 Å². The lowest BCUT2D eigenvalue weighted by Gasteiger charge is -2.29. The Morgan fingerprint density at radius 3 is 2.08 bits per heavy atom. The summed E-state index contributed by atoms with van der Waals surface area (Å²) in [6.45, 7) is 10.5. The number of rotatable bonds is 7. The van der Waals surface area contributed by atoms with Gasteiger partial charge in [-0.1, -0.05) is 27.7 Å². The summed E-state index contributed by atoms with van der Waals surface area (Å²) in [5.41, 5.74) is 0.304. The summed E-state index contributed by atoms with van der Waals surface area (Å²) >= 11 is 4.41. The molecule has 2 heteroatoms. The van der Waals surface area contributed by atoms with Crippen molar-refractivity contribution in [3.63, 3.8) is 0 Å². The van der Waals surface area contributed by atoms with Crippen LogP contribution in [0.4, 0.5) is 0 Å². The predicted molar refractivity (Wildman–Crippen MR) is 62.5 cm³/mol. The highest BCUT2D eigenvalue weighted by Crippen LogP contribution is 2.28. The Hall–Kier alpha value is 0.310. The van der Waals surface area contributed by atoms with Gasteiger partial charge in [0.15, 0.2) is 0 Å². The molecule has 0 radical (unpaired) electrons. The van der Waals surface area contributed by atoms with E-state index in [9.17, 15) is 0 Å². The number of ether oxygens (including phenoxy) is 1. The van der Waals surface area contributed by atoms with Gasteiger partial charge in [-0.3, -0.25) is 0 Å². The van der Waals surface area contributed by atoms with Crippen LogP contribution in [0.2, 0.25) is 0 Å². The van der Waals surface area contributed by atoms with Crippen LogP contribution in [0, 0.1) is 11.3 Å². The monoisotopic (exact) mass is 204 g/mol. The molecule has 0 N–H and O–H groups in total. The molecule has 0 bridgehead atoms. The normalized spacial score (nSPS) is 12.5. The highest BCUT2D eigenvalue weighted by Gasteiger charge is 2.24.